The highest BCUT2D eigenvalue weighted by molar-refractivity contribution is 6.14. The second-order valence-electron chi connectivity index (χ2n) is 10.7. The van der Waals surface area contributed by atoms with Gasteiger partial charge < -0.3 is 9.47 Å². The molecule has 0 fully saturated rings. The summed E-state index contributed by atoms with van der Waals surface area (Å²) in [6.07, 6.45) is 7.00. The standard InChI is InChI=1S/C42H28N2O2/c1-3-7-35(8-4-1)29-45-41-37-17-15-33(13-11-31-19-23-43-24-20-31)27-39(37)40-28-34(14-12-32-21-25-44-26-22-32)16-18-38(40)42(41)46-30-36-9-5-2-6-10-36/h1-10,15-28H,29-30H2. The molecule has 218 valence electrons. The van der Waals surface area contributed by atoms with Crippen LogP contribution in [0.15, 0.2) is 146 Å². The molecule has 0 bridgehead atoms. The Morgan fingerprint density at radius 2 is 0.783 bits per heavy atom. The van der Waals surface area contributed by atoms with Crippen LogP contribution in [0.1, 0.15) is 33.4 Å². The van der Waals surface area contributed by atoms with E-state index in [2.05, 4.69) is 82.2 Å². The molecule has 0 spiro atoms. The molecule has 0 amide bonds. The number of benzene rings is 5. The average Bonchev–Trinajstić information content (AvgIpc) is 3.13. The summed E-state index contributed by atoms with van der Waals surface area (Å²) in [5, 5.41) is 3.92. The van der Waals surface area contributed by atoms with Gasteiger partial charge in [-0.25, -0.2) is 0 Å². The van der Waals surface area contributed by atoms with Gasteiger partial charge in [0.15, 0.2) is 11.5 Å². The summed E-state index contributed by atoms with van der Waals surface area (Å²) < 4.78 is 13.3. The van der Waals surface area contributed by atoms with E-state index in [1.165, 1.54) is 0 Å². The Labute approximate surface area is 268 Å². The quantitative estimate of drug-likeness (QED) is 0.143. The molecule has 2 heterocycles. The van der Waals surface area contributed by atoms with E-state index in [0.717, 1.165) is 54.9 Å². The van der Waals surface area contributed by atoms with E-state index >= 15 is 0 Å². The van der Waals surface area contributed by atoms with Crippen LogP contribution in [0, 0.1) is 23.7 Å². The summed E-state index contributed by atoms with van der Waals surface area (Å²) in [5.41, 5.74) is 5.75. The first-order chi connectivity index (χ1) is 22.8. The molecule has 4 nitrogen and oxygen atoms in total. The van der Waals surface area contributed by atoms with Gasteiger partial charge in [-0.2, -0.15) is 0 Å². The van der Waals surface area contributed by atoms with Crippen molar-refractivity contribution in [3.63, 3.8) is 0 Å². The van der Waals surface area contributed by atoms with Crippen LogP contribution < -0.4 is 9.47 Å². The van der Waals surface area contributed by atoms with Crippen molar-refractivity contribution in [2.75, 3.05) is 0 Å². The molecule has 0 atom stereocenters. The first-order valence-corrected chi connectivity index (χ1v) is 15.0. The monoisotopic (exact) mass is 592 g/mol. The molecule has 0 saturated carbocycles. The van der Waals surface area contributed by atoms with Crippen molar-refractivity contribution < 1.29 is 9.47 Å². The zero-order valence-electron chi connectivity index (χ0n) is 25.0. The average molecular weight is 593 g/mol. The van der Waals surface area contributed by atoms with Crippen LogP contribution >= 0.6 is 0 Å². The molecule has 0 aliphatic rings. The number of rotatable bonds is 6. The van der Waals surface area contributed by atoms with Gasteiger partial charge in [0.1, 0.15) is 13.2 Å². The van der Waals surface area contributed by atoms with E-state index in [4.69, 9.17) is 9.47 Å². The minimum Gasteiger partial charge on any atom is -0.484 e. The fourth-order valence-electron chi connectivity index (χ4n) is 5.24. The van der Waals surface area contributed by atoms with Crippen molar-refractivity contribution in [3.8, 4) is 35.2 Å². The summed E-state index contributed by atoms with van der Waals surface area (Å²) in [5.74, 6) is 14.6. The number of hydrogen-bond acceptors (Lipinski definition) is 4. The van der Waals surface area contributed by atoms with Crippen LogP contribution in [0.5, 0.6) is 11.5 Å². The van der Waals surface area contributed by atoms with Crippen LogP contribution in [0.2, 0.25) is 0 Å². The van der Waals surface area contributed by atoms with Gasteiger partial charge in [-0.05, 0) is 82.6 Å². The van der Waals surface area contributed by atoms with Crippen LogP contribution in [-0.2, 0) is 13.2 Å². The number of hydrogen-bond donors (Lipinski definition) is 0. The summed E-state index contributed by atoms with van der Waals surface area (Å²) in [4.78, 5) is 8.20. The van der Waals surface area contributed by atoms with Gasteiger partial charge in [0.05, 0.1) is 0 Å². The van der Waals surface area contributed by atoms with Gasteiger partial charge in [-0.15, -0.1) is 0 Å². The minimum absolute atomic E-state index is 0.405. The van der Waals surface area contributed by atoms with E-state index in [1.807, 2.05) is 72.8 Å². The van der Waals surface area contributed by atoms with Crippen molar-refractivity contribution in [2.45, 2.75) is 13.2 Å². The fraction of sp³-hybridized carbons (Fsp3) is 0.0476. The molecule has 7 aromatic rings. The van der Waals surface area contributed by atoms with E-state index in [9.17, 15) is 0 Å². The summed E-state index contributed by atoms with van der Waals surface area (Å²) in [6.45, 7) is 0.810. The third-order valence-corrected chi connectivity index (χ3v) is 7.54. The number of pyridine rings is 2. The molecule has 7 rings (SSSR count). The Bertz CT molecular complexity index is 2080. The second-order valence-corrected chi connectivity index (χ2v) is 10.7. The lowest BCUT2D eigenvalue weighted by Crippen LogP contribution is -2.02. The first-order valence-electron chi connectivity index (χ1n) is 15.0. The maximum atomic E-state index is 6.64. The molecule has 2 aromatic heterocycles. The fourth-order valence-corrected chi connectivity index (χ4v) is 5.24. The van der Waals surface area contributed by atoms with E-state index in [1.54, 1.807) is 24.8 Å². The summed E-state index contributed by atoms with van der Waals surface area (Å²) in [6, 6.07) is 40.5. The predicted molar refractivity (Wildman–Crippen MR) is 183 cm³/mol. The Balaban J connectivity index is 1.40. The SMILES string of the molecule is C(#Cc1ccc2c(OCc3ccccc3)c(OCc3ccccc3)c3ccc(C#Cc4ccncc4)cc3c2c1)c1ccncc1. The predicted octanol–water partition coefficient (Wildman–Crippen LogP) is 8.74. The van der Waals surface area contributed by atoms with E-state index in [-0.39, 0.29) is 0 Å². The lowest BCUT2D eigenvalue weighted by Gasteiger charge is -2.19. The highest BCUT2D eigenvalue weighted by Gasteiger charge is 2.19. The molecule has 4 heteroatoms. The normalized spacial score (nSPS) is 10.4. The van der Waals surface area contributed by atoms with Crippen LogP contribution in [0.25, 0.3) is 21.5 Å². The third kappa shape index (κ3) is 6.58. The van der Waals surface area contributed by atoms with Crippen molar-refractivity contribution in [1.82, 2.24) is 9.97 Å². The summed E-state index contributed by atoms with van der Waals surface area (Å²) in [7, 11) is 0. The maximum Gasteiger partial charge on any atom is 0.170 e. The Hall–Kier alpha value is -6.36. The second kappa shape index (κ2) is 13.5. The molecule has 46 heavy (non-hydrogen) atoms. The van der Waals surface area contributed by atoms with Crippen molar-refractivity contribution in [3.05, 3.63) is 179 Å². The Morgan fingerprint density at radius 3 is 1.20 bits per heavy atom. The molecule has 0 radical (unpaired) electrons. The van der Waals surface area contributed by atoms with E-state index < -0.39 is 0 Å². The van der Waals surface area contributed by atoms with Gasteiger partial charge in [0.25, 0.3) is 0 Å². The molecule has 0 saturated heterocycles. The smallest absolute Gasteiger partial charge is 0.170 e. The van der Waals surface area contributed by atoms with Crippen molar-refractivity contribution >= 4 is 21.5 Å². The van der Waals surface area contributed by atoms with Crippen LogP contribution in [-0.4, -0.2) is 9.97 Å². The van der Waals surface area contributed by atoms with Crippen LogP contribution in [0.3, 0.4) is 0 Å². The molecular formula is C42H28N2O2. The highest BCUT2D eigenvalue weighted by atomic mass is 16.5. The van der Waals surface area contributed by atoms with Gasteiger partial charge in [-0.3, -0.25) is 9.97 Å². The summed E-state index contributed by atoms with van der Waals surface area (Å²) >= 11 is 0. The number of nitrogens with zero attached hydrogens (tertiary/aromatic N) is 2. The number of ether oxygens (including phenoxy) is 2. The molecule has 0 aliphatic heterocycles. The molecule has 0 N–H and O–H groups in total. The van der Waals surface area contributed by atoms with E-state index in [0.29, 0.717) is 24.7 Å². The highest BCUT2D eigenvalue weighted by Crippen LogP contribution is 2.45. The zero-order valence-corrected chi connectivity index (χ0v) is 25.0. The molecular weight excluding hydrogens is 564 g/mol. The molecule has 0 unspecified atom stereocenters. The number of fused-ring (bicyclic) bond motifs is 3. The van der Waals surface area contributed by atoms with Gasteiger partial charge in [0.2, 0.25) is 0 Å². The van der Waals surface area contributed by atoms with Crippen LogP contribution in [0.4, 0.5) is 0 Å². The Morgan fingerprint density at radius 1 is 0.391 bits per heavy atom. The topological polar surface area (TPSA) is 44.2 Å². The molecule has 5 aromatic carbocycles. The van der Waals surface area contributed by atoms with Gasteiger partial charge in [-0.1, -0.05) is 84.3 Å². The van der Waals surface area contributed by atoms with Crippen molar-refractivity contribution in [1.29, 1.82) is 0 Å². The number of aromatic nitrogens is 2. The lowest BCUT2D eigenvalue weighted by atomic mass is 9.96. The Kier molecular flexibility index (Phi) is 8.35. The largest absolute Gasteiger partial charge is 0.484 e. The molecule has 0 aliphatic carbocycles. The third-order valence-electron chi connectivity index (χ3n) is 7.54. The zero-order chi connectivity index (χ0) is 31.0. The first kappa shape index (κ1) is 28.4. The lowest BCUT2D eigenvalue weighted by molar-refractivity contribution is 0.261. The maximum absolute atomic E-state index is 6.64. The minimum atomic E-state index is 0.405. The van der Waals surface area contributed by atoms with Crippen molar-refractivity contribution in [2.24, 2.45) is 0 Å². The van der Waals surface area contributed by atoms with Gasteiger partial charge in [0, 0.05) is 57.8 Å². The van der Waals surface area contributed by atoms with Gasteiger partial charge >= 0.3 is 0 Å².